The number of nitrogens with zero attached hydrogens (tertiary/aromatic N) is 2. The van der Waals surface area contributed by atoms with Crippen LogP contribution < -0.4 is 15.4 Å². The van der Waals surface area contributed by atoms with Crippen LogP contribution in [0.15, 0.2) is 95.7 Å². The molecule has 0 saturated heterocycles. The summed E-state index contributed by atoms with van der Waals surface area (Å²) in [5, 5.41) is 0. The Kier molecular flexibility index (Phi) is 7.56. The molecule has 0 saturated carbocycles. The largest absolute Gasteiger partial charge is 0.497 e. The van der Waals surface area contributed by atoms with Crippen molar-refractivity contribution in [3.05, 3.63) is 113 Å². The van der Waals surface area contributed by atoms with Crippen LogP contribution in [0.5, 0.6) is 5.75 Å². The summed E-state index contributed by atoms with van der Waals surface area (Å²) in [6.45, 7) is 0. The van der Waals surface area contributed by atoms with E-state index < -0.39 is 41.3 Å². The number of esters is 2. The van der Waals surface area contributed by atoms with Gasteiger partial charge in [-0.3, -0.25) is 19.5 Å². The second-order valence-corrected chi connectivity index (χ2v) is 9.63. The highest BCUT2D eigenvalue weighted by molar-refractivity contribution is 6.14. The van der Waals surface area contributed by atoms with E-state index in [0.717, 1.165) is 0 Å². The number of benzene rings is 2. The number of anilines is 1. The van der Waals surface area contributed by atoms with Crippen molar-refractivity contribution in [3.8, 4) is 5.75 Å². The number of methoxy groups -OCH3 is 3. The Balaban J connectivity index is 1.81. The van der Waals surface area contributed by atoms with E-state index in [0.29, 0.717) is 28.3 Å². The van der Waals surface area contributed by atoms with Crippen molar-refractivity contribution in [2.24, 2.45) is 11.7 Å². The fraction of sp³-hybridized carbons (Fsp3) is 0.226. The van der Waals surface area contributed by atoms with Gasteiger partial charge in [-0.15, -0.1) is 0 Å². The van der Waals surface area contributed by atoms with Crippen LogP contribution in [0.3, 0.4) is 0 Å². The number of aromatic nitrogens is 1. The standard InChI is InChI=1S/C31H28FN3O6/c1-39-21-11-9-17(10-12-21)22-15-23-26(28(36)25(22)30(37)40-2)24(18-6-5-13-34-16-18)27(31(38)41-3)29(33)35(23)20-8-4-7-19(32)14-20/h4-14,16,22,24-25H,15,33H2,1-3H3. The maximum atomic E-state index is 14.5. The van der Waals surface area contributed by atoms with Crippen LogP contribution in [0, 0.1) is 11.7 Å². The van der Waals surface area contributed by atoms with Crippen LogP contribution in [-0.2, 0) is 23.9 Å². The van der Waals surface area contributed by atoms with Crippen molar-refractivity contribution >= 4 is 23.4 Å². The van der Waals surface area contributed by atoms with E-state index in [4.69, 9.17) is 19.9 Å². The third-order valence-electron chi connectivity index (χ3n) is 7.53. The van der Waals surface area contributed by atoms with Crippen LogP contribution in [0.1, 0.15) is 29.4 Å². The highest BCUT2D eigenvalue weighted by Gasteiger charge is 2.51. The fourth-order valence-corrected chi connectivity index (χ4v) is 5.69. The lowest BCUT2D eigenvalue weighted by molar-refractivity contribution is -0.150. The molecule has 2 aliphatic rings. The molecule has 0 radical (unpaired) electrons. The Labute approximate surface area is 236 Å². The summed E-state index contributed by atoms with van der Waals surface area (Å²) in [4.78, 5) is 46.8. The number of pyridine rings is 1. The zero-order valence-corrected chi connectivity index (χ0v) is 22.7. The Morgan fingerprint density at radius 2 is 1.76 bits per heavy atom. The lowest BCUT2D eigenvalue weighted by Crippen LogP contribution is -2.46. The van der Waals surface area contributed by atoms with Gasteiger partial charge in [-0.2, -0.15) is 0 Å². The number of carbonyl (C=O) groups excluding carboxylic acids is 3. The van der Waals surface area contributed by atoms with Crippen molar-refractivity contribution in [1.82, 2.24) is 4.98 Å². The number of hydrogen-bond donors (Lipinski definition) is 1. The minimum Gasteiger partial charge on any atom is -0.497 e. The van der Waals surface area contributed by atoms with Gasteiger partial charge >= 0.3 is 11.9 Å². The predicted octanol–water partition coefficient (Wildman–Crippen LogP) is 3.98. The number of ketones is 1. The summed E-state index contributed by atoms with van der Waals surface area (Å²) in [5.41, 5.74) is 8.78. The van der Waals surface area contributed by atoms with Crippen molar-refractivity contribution in [2.45, 2.75) is 18.3 Å². The highest BCUT2D eigenvalue weighted by Crippen LogP contribution is 2.51. The molecule has 10 heteroatoms. The van der Waals surface area contributed by atoms with Gasteiger partial charge in [-0.25, -0.2) is 9.18 Å². The van der Waals surface area contributed by atoms with Crippen LogP contribution in [0.25, 0.3) is 0 Å². The topological polar surface area (TPSA) is 121 Å². The van der Waals surface area contributed by atoms with Gasteiger partial charge in [0.05, 0.1) is 38.5 Å². The monoisotopic (exact) mass is 557 g/mol. The van der Waals surface area contributed by atoms with Gasteiger partial charge in [-0.1, -0.05) is 24.3 Å². The third-order valence-corrected chi connectivity index (χ3v) is 7.53. The average molecular weight is 558 g/mol. The maximum absolute atomic E-state index is 14.5. The third kappa shape index (κ3) is 4.82. The quantitative estimate of drug-likeness (QED) is 0.354. The molecule has 3 unspecified atom stereocenters. The Morgan fingerprint density at radius 1 is 1.00 bits per heavy atom. The average Bonchev–Trinajstić information content (AvgIpc) is 3.00. The number of carbonyl (C=O) groups is 3. The number of Topliss-reactive ketones (excluding diaryl/α,β-unsaturated/α-hetero) is 1. The van der Waals surface area contributed by atoms with Gasteiger partial charge in [0.2, 0.25) is 0 Å². The normalized spacial score (nSPS) is 20.4. The molecule has 0 fully saturated rings. The van der Waals surface area contributed by atoms with E-state index in [-0.39, 0.29) is 23.4 Å². The number of ether oxygens (including phenoxy) is 3. The molecule has 1 aliphatic heterocycles. The van der Waals surface area contributed by atoms with E-state index >= 15 is 0 Å². The fourth-order valence-electron chi connectivity index (χ4n) is 5.69. The van der Waals surface area contributed by atoms with E-state index in [1.165, 1.54) is 43.5 Å². The lowest BCUT2D eigenvalue weighted by atomic mass is 9.67. The van der Waals surface area contributed by atoms with E-state index in [1.54, 1.807) is 55.8 Å². The first-order chi connectivity index (χ1) is 19.8. The molecule has 1 aliphatic carbocycles. The van der Waals surface area contributed by atoms with Crippen molar-refractivity contribution in [2.75, 3.05) is 26.2 Å². The molecule has 5 rings (SSSR count). The molecule has 2 heterocycles. The smallest absolute Gasteiger partial charge is 0.338 e. The number of hydrogen-bond acceptors (Lipinski definition) is 9. The van der Waals surface area contributed by atoms with Crippen molar-refractivity contribution < 1.29 is 33.0 Å². The molecule has 1 aromatic heterocycles. The van der Waals surface area contributed by atoms with Gasteiger partial charge in [0.15, 0.2) is 5.78 Å². The van der Waals surface area contributed by atoms with Gasteiger partial charge in [-0.05, 0) is 53.9 Å². The summed E-state index contributed by atoms with van der Waals surface area (Å²) in [6.07, 6.45) is 3.24. The first-order valence-electron chi connectivity index (χ1n) is 12.8. The Bertz CT molecular complexity index is 1570. The van der Waals surface area contributed by atoms with Crippen LogP contribution in [0.2, 0.25) is 0 Å². The molecule has 0 amide bonds. The molecular formula is C31H28FN3O6. The Hall–Kier alpha value is -4.99. The van der Waals surface area contributed by atoms with Crippen LogP contribution in [0.4, 0.5) is 10.1 Å². The van der Waals surface area contributed by atoms with Crippen LogP contribution >= 0.6 is 0 Å². The molecular weight excluding hydrogens is 529 g/mol. The Morgan fingerprint density at radius 3 is 2.37 bits per heavy atom. The van der Waals surface area contributed by atoms with E-state index in [1.807, 2.05) is 0 Å². The minimum atomic E-state index is -1.22. The summed E-state index contributed by atoms with van der Waals surface area (Å²) in [5.74, 6) is -4.85. The van der Waals surface area contributed by atoms with E-state index in [9.17, 15) is 18.8 Å². The molecule has 3 atom stereocenters. The first-order valence-corrected chi connectivity index (χ1v) is 12.8. The molecule has 0 spiro atoms. The summed E-state index contributed by atoms with van der Waals surface area (Å²) in [6, 6.07) is 16.1. The molecule has 3 aromatic rings. The van der Waals surface area contributed by atoms with Gasteiger partial charge in [0.1, 0.15) is 23.3 Å². The maximum Gasteiger partial charge on any atom is 0.338 e. The molecule has 41 heavy (non-hydrogen) atoms. The highest BCUT2D eigenvalue weighted by atomic mass is 19.1. The summed E-state index contributed by atoms with van der Waals surface area (Å²) >= 11 is 0. The molecule has 2 aromatic carbocycles. The van der Waals surface area contributed by atoms with Crippen LogP contribution in [-0.4, -0.2) is 44.0 Å². The number of allylic oxidation sites excluding steroid dienone is 2. The zero-order valence-electron chi connectivity index (χ0n) is 22.7. The second kappa shape index (κ2) is 11.2. The molecule has 210 valence electrons. The minimum absolute atomic E-state index is 0.0205. The SMILES string of the molecule is COC(=O)C1=C(N)N(c2cccc(F)c2)C2=C(C(=O)C(C(=O)OC)C(c3ccc(OC)cc3)C2)C1c1cccnc1. The predicted molar refractivity (Wildman–Crippen MR) is 147 cm³/mol. The zero-order chi connectivity index (χ0) is 29.3. The van der Waals surface area contributed by atoms with Crippen molar-refractivity contribution in [1.29, 1.82) is 0 Å². The summed E-state index contributed by atoms with van der Waals surface area (Å²) < 4.78 is 30.0. The lowest BCUT2D eigenvalue weighted by Gasteiger charge is -2.44. The van der Waals surface area contributed by atoms with Gasteiger partial charge in [0.25, 0.3) is 0 Å². The van der Waals surface area contributed by atoms with Gasteiger partial charge in [0, 0.05) is 29.6 Å². The first kappa shape index (κ1) is 27.6. The number of nitrogens with two attached hydrogens (primary N) is 1. The van der Waals surface area contributed by atoms with Crippen molar-refractivity contribution in [3.63, 3.8) is 0 Å². The van der Waals surface area contributed by atoms with E-state index in [2.05, 4.69) is 4.98 Å². The molecule has 0 bridgehead atoms. The number of halogens is 1. The van der Waals surface area contributed by atoms with Gasteiger partial charge < -0.3 is 19.9 Å². The number of rotatable bonds is 6. The summed E-state index contributed by atoms with van der Waals surface area (Å²) in [7, 11) is 3.97. The molecule has 9 nitrogen and oxygen atoms in total. The second-order valence-electron chi connectivity index (χ2n) is 9.63. The molecule has 2 N–H and O–H groups in total.